The van der Waals surface area contributed by atoms with Gasteiger partial charge < -0.3 is 10.1 Å². The Morgan fingerprint density at radius 1 is 0.714 bits per heavy atom. The lowest BCUT2D eigenvalue weighted by Crippen LogP contribution is -2.41. The van der Waals surface area contributed by atoms with Gasteiger partial charge in [0.15, 0.2) is 6.61 Å². The van der Waals surface area contributed by atoms with E-state index in [1.165, 1.54) is 18.2 Å². The van der Waals surface area contributed by atoms with E-state index in [-0.39, 0.29) is 39.9 Å². The van der Waals surface area contributed by atoms with Crippen LogP contribution in [0.5, 0.6) is 0 Å². The molecule has 3 aliphatic carbocycles. The Balaban J connectivity index is 1.17. The molecule has 9 heteroatoms. The van der Waals surface area contributed by atoms with E-state index in [4.69, 9.17) is 27.9 Å². The molecule has 1 N–H and O–H groups in total. The first kappa shape index (κ1) is 26.4. The minimum Gasteiger partial charge on any atom is -0.452 e. The van der Waals surface area contributed by atoms with E-state index in [0.29, 0.717) is 10.7 Å². The zero-order valence-electron chi connectivity index (χ0n) is 21.9. The van der Waals surface area contributed by atoms with Crippen LogP contribution in [-0.4, -0.2) is 30.3 Å². The highest BCUT2D eigenvalue weighted by molar-refractivity contribution is 6.42. The Bertz CT molecular complexity index is 1710. The maximum absolute atomic E-state index is 14.1. The predicted molar refractivity (Wildman–Crippen MR) is 158 cm³/mol. The topological polar surface area (TPSA) is 92.8 Å². The number of hydrogen-bond donors (Lipinski definition) is 1. The predicted octanol–water partition coefficient (Wildman–Crippen LogP) is 6.19. The van der Waals surface area contributed by atoms with Crippen LogP contribution >= 0.6 is 23.2 Å². The van der Waals surface area contributed by atoms with Gasteiger partial charge in [0.05, 0.1) is 33.1 Å². The van der Waals surface area contributed by atoms with Gasteiger partial charge in [0.25, 0.3) is 5.91 Å². The quantitative estimate of drug-likeness (QED) is 0.219. The van der Waals surface area contributed by atoms with E-state index in [1.54, 1.807) is 24.3 Å². The number of carbonyl (C=O) groups is 4. The third-order valence-corrected chi connectivity index (χ3v) is 9.09. The minimum absolute atomic E-state index is 0.0163. The number of halogens is 2. The summed E-state index contributed by atoms with van der Waals surface area (Å²) in [5.74, 6) is -3.83. The first-order chi connectivity index (χ1) is 20.3. The average Bonchev–Trinajstić information content (AvgIpc) is 3.27. The lowest BCUT2D eigenvalue weighted by molar-refractivity contribution is -0.122. The fourth-order valence-electron chi connectivity index (χ4n) is 6.74. The SMILES string of the molecule is O=C(COC(=O)c1ccccc1N1C(=O)[C@@H]2C3c4ccccc4C(c4ccccc43)[C@H]2C1=O)Nc1ccc(Cl)c(Cl)c1. The molecule has 3 amide bonds. The van der Waals surface area contributed by atoms with Gasteiger partial charge in [-0.1, -0.05) is 83.9 Å². The maximum atomic E-state index is 14.1. The number of carbonyl (C=O) groups excluding carboxylic acids is 4. The van der Waals surface area contributed by atoms with Gasteiger partial charge in [0, 0.05) is 17.5 Å². The Morgan fingerprint density at radius 3 is 1.79 bits per heavy atom. The number of nitrogens with zero attached hydrogens (tertiary/aromatic N) is 1. The summed E-state index contributed by atoms with van der Waals surface area (Å²) < 4.78 is 5.30. The van der Waals surface area contributed by atoms with Crippen molar-refractivity contribution in [3.8, 4) is 0 Å². The minimum atomic E-state index is -0.833. The molecule has 0 saturated carbocycles. The summed E-state index contributed by atoms with van der Waals surface area (Å²) in [5, 5.41) is 3.19. The highest BCUT2D eigenvalue weighted by atomic mass is 35.5. The van der Waals surface area contributed by atoms with Gasteiger partial charge in [-0.25, -0.2) is 9.69 Å². The van der Waals surface area contributed by atoms with Crippen molar-refractivity contribution < 1.29 is 23.9 Å². The van der Waals surface area contributed by atoms with Crippen molar-refractivity contribution in [1.29, 1.82) is 0 Å². The molecule has 8 rings (SSSR count). The molecule has 2 bridgehead atoms. The number of nitrogens with one attached hydrogen (secondary N) is 1. The Labute approximate surface area is 251 Å². The molecule has 42 heavy (non-hydrogen) atoms. The Hall–Kier alpha value is -4.46. The second-order valence-electron chi connectivity index (χ2n) is 10.5. The number of esters is 1. The van der Waals surface area contributed by atoms with E-state index in [1.807, 2.05) is 48.5 Å². The van der Waals surface area contributed by atoms with Crippen molar-refractivity contribution in [2.24, 2.45) is 11.8 Å². The van der Waals surface area contributed by atoms with Crippen LogP contribution < -0.4 is 10.2 Å². The van der Waals surface area contributed by atoms with Crippen molar-refractivity contribution in [2.75, 3.05) is 16.8 Å². The van der Waals surface area contributed by atoms with Crippen LogP contribution in [0, 0.1) is 11.8 Å². The molecule has 0 spiro atoms. The standard InChI is InChI=1S/C33H22Cl2N2O5/c34-23-14-13-17(15-24(23)35)36-26(38)16-42-33(41)22-11-5-6-12-25(22)37-31(39)29-27-18-7-1-2-8-19(18)28(30(29)32(37)40)21-10-4-3-9-20(21)27/h1-15,27-30H,16H2,(H,36,38)/t27?,28?,29-,30-/m1/s1. The van der Waals surface area contributed by atoms with Crippen molar-refractivity contribution in [3.63, 3.8) is 0 Å². The first-order valence-electron chi connectivity index (χ1n) is 13.4. The monoisotopic (exact) mass is 596 g/mol. The lowest BCUT2D eigenvalue weighted by Gasteiger charge is -2.45. The van der Waals surface area contributed by atoms with Crippen LogP contribution in [0.3, 0.4) is 0 Å². The molecule has 1 fully saturated rings. The lowest BCUT2D eigenvalue weighted by atomic mass is 9.55. The molecule has 4 aromatic carbocycles. The Morgan fingerprint density at radius 2 is 1.24 bits per heavy atom. The molecule has 208 valence electrons. The molecule has 0 unspecified atom stereocenters. The third kappa shape index (κ3) is 4.03. The summed E-state index contributed by atoms with van der Waals surface area (Å²) in [5.41, 5.74) is 4.79. The molecule has 2 atom stereocenters. The third-order valence-electron chi connectivity index (χ3n) is 8.35. The normalized spacial score (nSPS) is 21.4. The van der Waals surface area contributed by atoms with E-state index < -0.39 is 30.3 Å². The zero-order valence-corrected chi connectivity index (χ0v) is 23.4. The number of ether oxygens (including phenoxy) is 1. The molecule has 1 aliphatic heterocycles. The largest absolute Gasteiger partial charge is 0.452 e. The van der Waals surface area contributed by atoms with E-state index in [2.05, 4.69) is 5.32 Å². The number of hydrogen-bond acceptors (Lipinski definition) is 5. The highest BCUT2D eigenvalue weighted by Crippen LogP contribution is 2.61. The van der Waals surface area contributed by atoms with E-state index >= 15 is 0 Å². The fourth-order valence-corrected chi connectivity index (χ4v) is 7.03. The van der Waals surface area contributed by atoms with Crippen LogP contribution in [-0.2, 0) is 19.1 Å². The van der Waals surface area contributed by atoms with Gasteiger partial charge in [0.1, 0.15) is 0 Å². The smallest absolute Gasteiger partial charge is 0.340 e. The zero-order chi connectivity index (χ0) is 29.1. The van der Waals surface area contributed by atoms with Crippen LogP contribution in [0.2, 0.25) is 10.0 Å². The second-order valence-corrected chi connectivity index (χ2v) is 11.4. The van der Waals surface area contributed by atoms with Crippen molar-refractivity contribution in [3.05, 3.63) is 129 Å². The van der Waals surface area contributed by atoms with E-state index in [9.17, 15) is 19.2 Å². The molecule has 4 aromatic rings. The number of para-hydroxylation sites is 1. The fraction of sp³-hybridized carbons (Fsp3) is 0.152. The summed E-state index contributed by atoms with van der Waals surface area (Å²) in [6, 6.07) is 26.9. The van der Waals surface area contributed by atoms with Crippen molar-refractivity contribution in [2.45, 2.75) is 11.8 Å². The summed E-state index contributed by atoms with van der Waals surface area (Å²) in [7, 11) is 0. The van der Waals surface area contributed by atoms with E-state index in [0.717, 1.165) is 27.2 Å². The second kappa shape index (κ2) is 10.1. The van der Waals surface area contributed by atoms with Crippen LogP contribution in [0.1, 0.15) is 44.4 Å². The van der Waals surface area contributed by atoms with Gasteiger partial charge in [0.2, 0.25) is 11.8 Å². The number of imide groups is 1. The first-order valence-corrected chi connectivity index (χ1v) is 14.2. The summed E-state index contributed by atoms with van der Waals surface area (Å²) in [6.07, 6.45) is 0. The summed E-state index contributed by atoms with van der Waals surface area (Å²) in [6.45, 7) is -0.588. The number of benzene rings is 4. The molecular weight excluding hydrogens is 575 g/mol. The molecule has 4 aliphatic rings. The van der Waals surface area contributed by atoms with Gasteiger partial charge in [-0.3, -0.25) is 14.4 Å². The molecule has 7 nitrogen and oxygen atoms in total. The van der Waals surface area contributed by atoms with Crippen LogP contribution in [0.25, 0.3) is 0 Å². The summed E-state index contributed by atoms with van der Waals surface area (Å²) >= 11 is 11.9. The van der Waals surface area contributed by atoms with Crippen LogP contribution in [0.15, 0.2) is 91.0 Å². The van der Waals surface area contributed by atoms with Gasteiger partial charge in [-0.2, -0.15) is 0 Å². The Kier molecular flexibility index (Phi) is 6.37. The number of rotatable bonds is 5. The van der Waals surface area contributed by atoms with Gasteiger partial charge in [-0.15, -0.1) is 0 Å². The van der Waals surface area contributed by atoms with Gasteiger partial charge in [-0.05, 0) is 52.6 Å². The molecule has 0 radical (unpaired) electrons. The molecule has 1 saturated heterocycles. The number of anilines is 2. The molecular formula is C33H22Cl2N2O5. The summed E-state index contributed by atoms with van der Waals surface area (Å²) in [4.78, 5) is 55.1. The average molecular weight is 597 g/mol. The van der Waals surface area contributed by atoms with Crippen LogP contribution in [0.4, 0.5) is 11.4 Å². The van der Waals surface area contributed by atoms with Gasteiger partial charge >= 0.3 is 5.97 Å². The highest BCUT2D eigenvalue weighted by Gasteiger charge is 2.62. The van der Waals surface area contributed by atoms with Crippen molar-refractivity contribution in [1.82, 2.24) is 0 Å². The maximum Gasteiger partial charge on any atom is 0.340 e. The van der Waals surface area contributed by atoms with Crippen molar-refractivity contribution >= 4 is 58.3 Å². The molecule has 1 heterocycles. The number of amides is 3. The molecule has 0 aromatic heterocycles.